The van der Waals surface area contributed by atoms with Gasteiger partial charge in [-0.05, 0) is 6.92 Å². The second kappa shape index (κ2) is 7.09. The summed E-state index contributed by atoms with van der Waals surface area (Å²) in [6.07, 6.45) is -3.34. The summed E-state index contributed by atoms with van der Waals surface area (Å²) in [6.45, 7) is 0.847. The van der Waals surface area contributed by atoms with Crippen LogP contribution < -0.4 is 5.32 Å². The van der Waals surface area contributed by atoms with Crippen LogP contribution >= 0.6 is 0 Å². The molecule has 12 heteroatoms. The molecule has 1 fully saturated rings. The van der Waals surface area contributed by atoms with Gasteiger partial charge in [0, 0.05) is 0 Å². The lowest BCUT2D eigenvalue weighted by Crippen LogP contribution is -2.39. The van der Waals surface area contributed by atoms with E-state index in [1.54, 1.807) is 0 Å². The predicted octanol–water partition coefficient (Wildman–Crippen LogP) is -2.32. The number of aliphatic carboxylic acids is 1. The normalized spacial score (nSPS) is 28.2. The third kappa shape index (κ3) is 3.08. The number of aliphatic hydroxyl groups excluding tert-OH is 4. The van der Waals surface area contributed by atoms with E-state index in [-0.39, 0.29) is 17.0 Å². The number of imidazole rings is 1. The molecule has 12 nitrogen and oxygen atoms in total. The molecule has 2 aromatic rings. The Hall–Kier alpha value is -2.38. The highest BCUT2D eigenvalue weighted by Crippen LogP contribution is 2.32. The lowest BCUT2D eigenvalue weighted by Gasteiger charge is -2.18. The van der Waals surface area contributed by atoms with E-state index in [2.05, 4.69) is 20.3 Å². The quantitative estimate of drug-likeness (QED) is 0.321. The summed E-state index contributed by atoms with van der Waals surface area (Å²) in [5, 5.41) is 50.6. The number of nitrogens with one attached hydrogen (secondary N) is 1. The molecule has 6 N–H and O–H groups in total. The fourth-order valence-corrected chi connectivity index (χ4v) is 2.79. The standard InChI is InChI=1S/C14H19N5O7/c1-5(21)7(14(24)25)18-11-8-12(16-3-15-11)19(4-17-8)13-10(23)9(22)6(2-20)26-13/h3-7,9-10,13,20-23H,2H2,1H3,(H,24,25)(H,15,16,18)/t5?,6-,7-,9+,10?,13-/m1/s1. The maximum atomic E-state index is 11.2. The maximum absolute atomic E-state index is 11.2. The van der Waals surface area contributed by atoms with E-state index in [0.29, 0.717) is 0 Å². The first-order valence-corrected chi connectivity index (χ1v) is 7.82. The Morgan fingerprint density at radius 1 is 1.35 bits per heavy atom. The molecule has 0 bridgehead atoms. The van der Waals surface area contributed by atoms with Crippen molar-refractivity contribution < 1.29 is 35.1 Å². The van der Waals surface area contributed by atoms with Gasteiger partial charge in [-0.15, -0.1) is 0 Å². The van der Waals surface area contributed by atoms with E-state index in [4.69, 9.17) is 4.74 Å². The summed E-state index contributed by atoms with van der Waals surface area (Å²) >= 11 is 0. The molecule has 6 atom stereocenters. The molecule has 142 valence electrons. The number of carboxylic acid groups (broad SMARTS) is 1. The number of carbonyl (C=O) groups is 1. The Morgan fingerprint density at radius 2 is 2.08 bits per heavy atom. The third-order valence-corrected chi connectivity index (χ3v) is 4.19. The number of aliphatic hydroxyl groups is 4. The van der Waals surface area contributed by atoms with Gasteiger partial charge in [0.1, 0.15) is 24.6 Å². The largest absolute Gasteiger partial charge is 0.480 e. The van der Waals surface area contributed by atoms with Crippen LogP contribution in [0, 0.1) is 0 Å². The predicted molar refractivity (Wildman–Crippen MR) is 85.1 cm³/mol. The Labute approximate surface area is 146 Å². The van der Waals surface area contributed by atoms with Crippen molar-refractivity contribution in [3.63, 3.8) is 0 Å². The average molecular weight is 369 g/mol. The number of rotatable bonds is 6. The lowest BCUT2D eigenvalue weighted by molar-refractivity contribution is -0.140. The molecule has 0 aromatic carbocycles. The van der Waals surface area contributed by atoms with Crippen molar-refractivity contribution in [1.82, 2.24) is 19.5 Å². The zero-order valence-corrected chi connectivity index (χ0v) is 13.7. The summed E-state index contributed by atoms with van der Waals surface area (Å²) in [5.41, 5.74) is 0.407. The molecular weight excluding hydrogens is 350 g/mol. The van der Waals surface area contributed by atoms with Gasteiger partial charge in [0.25, 0.3) is 0 Å². The molecule has 2 aromatic heterocycles. The molecule has 0 spiro atoms. The molecule has 3 heterocycles. The zero-order valence-electron chi connectivity index (χ0n) is 13.7. The maximum Gasteiger partial charge on any atom is 0.328 e. The number of fused-ring (bicyclic) bond motifs is 1. The van der Waals surface area contributed by atoms with Crippen LogP contribution in [0.2, 0.25) is 0 Å². The fraction of sp³-hybridized carbons (Fsp3) is 0.571. The SMILES string of the molecule is CC(O)[C@@H](Nc1ncnc2c1ncn2[C@@H]1O[C@H](CO)[C@H](O)C1O)C(=O)O. The van der Waals surface area contributed by atoms with Crippen molar-refractivity contribution in [3.8, 4) is 0 Å². The summed E-state index contributed by atoms with van der Waals surface area (Å²) in [5.74, 6) is -1.19. The van der Waals surface area contributed by atoms with Gasteiger partial charge in [-0.1, -0.05) is 0 Å². The smallest absolute Gasteiger partial charge is 0.328 e. The zero-order chi connectivity index (χ0) is 19.0. The van der Waals surface area contributed by atoms with Gasteiger partial charge in [0.2, 0.25) is 0 Å². The van der Waals surface area contributed by atoms with Crippen LogP contribution in [0.15, 0.2) is 12.7 Å². The van der Waals surface area contributed by atoms with Gasteiger partial charge in [0.15, 0.2) is 29.3 Å². The Kier molecular flexibility index (Phi) is 5.02. The highest BCUT2D eigenvalue weighted by Gasteiger charge is 2.44. The third-order valence-electron chi connectivity index (χ3n) is 4.19. The minimum absolute atomic E-state index is 0.0776. The number of anilines is 1. The van der Waals surface area contributed by atoms with E-state index >= 15 is 0 Å². The number of carboxylic acids is 1. The lowest BCUT2D eigenvalue weighted by atomic mass is 10.1. The van der Waals surface area contributed by atoms with Crippen molar-refractivity contribution in [2.45, 2.75) is 43.6 Å². The Bertz CT molecular complexity index is 797. The minimum atomic E-state index is -1.32. The fourth-order valence-electron chi connectivity index (χ4n) is 2.79. The van der Waals surface area contributed by atoms with Crippen LogP contribution in [-0.2, 0) is 9.53 Å². The molecular formula is C14H19N5O7. The van der Waals surface area contributed by atoms with E-state index in [1.807, 2.05) is 0 Å². The highest BCUT2D eigenvalue weighted by atomic mass is 16.6. The summed E-state index contributed by atoms with van der Waals surface area (Å²) in [6, 6.07) is -1.31. The number of ether oxygens (including phenoxy) is 1. The van der Waals surface area contributed by atoms with Gasteiger partial charge in [-0.25, -0.2) is 19.7 Å². The molecule has 0 aliphatic carbocycles. The first-order valence-electron chi connectivity index (χ1n) is 7.82. The van der Waals surface area contributed by atoms with Crippen molar-refractivity contribution in [2.75, 3.05) is 11.9 Å². The first-order chi connectivity index (χ1) is 12.3. The van der Waals surface area contributed by atoms with Crippen LogP contribution in [0.3, 0.4) is 0 Å². The van der Waals surface area contributed by atoms with Crippen molar-refractivity contribution in [3.05, 3.63) is 12.7 Å². The molecule has 3 rings (SSSR count). The van der Waals surface area contributed by atoms with Crippen molar-refractivity contribution in [1.29, 1.82) is 0 Å². The number of aromatic nitrogens is 4. The molecule has 0 saturated carbocycles. The topological polar surface area (TPSA) is 183 Å². The van der Waals surface area contributed by atoms with E-state index in [0.717, 1.165) is 6.33 Å². The number of nitrogens with zero attached hydrogens (tertiary/aromatic N) is 4. The molecule has 1 aliphatic heterocycles. The summed E-state index contributed by atoms with van der Waals surface area (Å²) in [7, 11) is 0. The second-order valence-corrected chi connectivity index (χ2v) is 5.98. The van der Waals surface area contributed by atoms with E-state index in [9.17, 15) is 30.3 Å². The monoisotopic (exact) mass is 369 g/mol. The van der Waals surface area contributed by atoms with Crippen LogP contribution in [0.25, 0.3) is 11.2 Å². The van der Waals surface area contributed by atoms with Gasteiger partial charge < -0.3 is 35.6 Å². The van der Waals surface area contributed by atoms with E-state index < -0.39 is 49.3 Å². The van der Waals surface area contributed by atoms with Gasteiger partial charge >= 0.3 is 5.97 Å². The first kappa shape index (κ1) is 18.4. The van der Waals surface area contributed by atoms with Crippen LogP contribution in [0.5, 0.6) is 0 Å². The van der Waals surface area contributed by atoms with Crippen LogP contribution in [0.1, 0.15) is 13.2 Å². The number of hydrogen-bond acceptors (Lipinski definition) is 10. The average Bonchev–Trinajstić information content (AvgIpc) is 3.14. The molecule has 1 aliphatic rings. The summed E-state index contributed by atoms with van der Waals surface area (Å²) in [4.78, 5) is 23.4. The van der Waals surface area contributed by atoms with Gasteiger partial charge in [0.05, 0.1) is 19.0 Å². The number of hydrogen-bond donors (Lipinski definition) is 6. The summed E-state index contributed by atoms with van der Waals surface area (Å²) < 4.78 is 6.79. The van der Waals surface area contributed by atoms with Crippen LogP contribution in [-0.4, -0.2) is 88.1 Å². The van der Waals surface area contributed by atoms with E-state index in [1.165, 1.54) is 17.8 Å². The molecule has 2 unspecified atom stereocenters. The van der Waals surface area contributed by atoms with Gasteiger partial charge in [-0.2, -0.15) is 0 Å². The Balaban J connectivity index is 1.96. The molecule has 0 radical (unpaired) electrons. The van der Waals surface area contributed by atoms with Crippen molar-refractivity contribution in [2.24, 2.45) is 0 Å². The second-order valence-electron chi connectivity index (χ2n) is 5.98. The minimum Gasteiger partial charge on any atom is -0.480 e. The molecule has 0 amide bonds. The molecule has 26 heavy (non-hydrogen) atoms. The van der Waals surface area contributed by atoms with Gasteiger partial charge in [-0.3, -0.25) is 4.57 Å². The Morgan fingerprint density at radius 3 is 2.65 bits per heavy atom. The van der Waals surface area contributed by atoms with Crippen molar-refractivity contribution >= 4 is 23.0 Å². The molecule has 1 saturated heterocycles. The highest BCUT2D eigenvalue weighted by molar-refractivity contribution is 5.86. The van der Waals surface area contributed by atoms with Crippen LogP contribution in [0.4, 0.5) is 5.82 Å².